The molecule has 1 atom stereocenters. The molecule has 0 radical (unpaired) electrons. The van der Waals surface area contributed by atoms with Crippen molar-refractivity contribution in [3.8, 4) is 17.6 Å². The predicted octanol–water partition coefficient (Wildman–Crippen LogP) is 3.55. The number of hydrogen-bond acceptors (Lipinski definition) is 4. The molecule has 0 bridgehead atoms. The van der Waals surface area contributed by atoms with E-state index in [0.29, 0.717) is 29.2 Å². The monoisotopic (exact) mass is 283 g/mol. The molecule has 0 saturated heterocycles. The molecule has 1 N–H and O–H groups in total. The van der Waals surface area contributed by atoms with Crippen molar-refractivity contribution in [1.82, 2.24) is 0 Å². The standard InChI is InChI=1S/C17H17NO3/c1-12(19)16-7-6-13(10-18)9-17(16)21-15-5-3-4-14(8-15)11-20-2/h3-9,12,19H,11H2,1-2H3/t12-/m0/s1. The topological polar surface area (TPSA) is 62.5 Å². The van der Waals surface area contributed by atoms with Crippen molar-refractivity contribution in [2.75, 3.05) is 7.11 Å². The van der Waals surface area contributed by atoms with Crippen molar-refractivity contribution in [3.63, 3.8) is 0 Å². The first-order valence-corrected chi connectivity index (χ1v) is 6.62. The number of ether oxygens (including phenoxy) is 2. The Morgan fingerprint density at radius 2 is 2.05 bits per heavy atom. The van der Waals surface area contributed by atoms with Gasteiger partial charge in [0.15, 0.2) is 0 Å². The summed E-state index contributed by atoms with van der Waals surface area (Å²) in [6, 6.07) is 14.6. The van der Waals surface area contributed by atoms with Crippen LogP contribution in [0.4, 0.5) is 0 Å². The number of nitriles is 1. The molecule has 0 aliphatic rings. The Bertz CT molecular complexity index is 659. The highest BCUT2D eigenvalue weighted by Crippen LogP contribution is 2.31. The van der Waals surface area contributed by atoms with Crippen molar-refractivity contribution < 1.29 is 14.6 Å². The Morgan fingerprint density at radius 1 is 1.24 bits per heavy atom. The molecule has 4 heteroatoms. The lowest BCUT2D eigenvalue weighted by Crippen LogP contribution is -1.97. The Morgan fingerprint density at radius 3 is 2.71 bits per heavy atom. The van der Waals surface area contributed by atoms with Gasteiger partial charge in [0.25, 0.3) is 0 Å². The first-order chi connectivity index (χ1) is 10.1. The quantitative estimate of drug-likeness (QED) is 0.911. The maximum absolute atomic E-state index is 9.80. The van der Waals surface area contributed by atoms with Crippen molar-refractivity contribution in [2.45, 2.75) is 19.6 Å². The van der Waals surface area contributed by atoms with Gasteiger partial charge < -0.3 is 14.6 Å². The van der Waals surface area contributed by atoms with Crippen molar-refractivity contribution >= 4 is 0 Å². The van der Waals surface area contributed by atoms with Crippen LogP contribution in [0.3, 0.4) is 0 Å². The molecule has 0 amide bonds. The van der Waals surface area contributed by atoms with Gasteiger partial charge in [0.05, 0.1) is 24.3 Å². The maximum Gasteiger partial charge on any atom is 0.134 e. The summed E-state index contributed by atoms with van der Waals surface area (Å²) in [5.41, 5.74) is 2.12. The zero-order valence-electron chi connectivity index (χ0n) is 12.0. The molecule has 0 saturated carbocycles. The fourth-order valence-corrected chi connectivity index (χ4v) is 2.03. The molecule has 21 heavy (non-hydrogen) atoms. The van der Waals surface area contributed by atoms with Crippen LogP contribution >= 0.6 is 0 Å². The average molecular weight is 283 g/mol. The van der Waals surface area contributed by atoms with Crippen molar-refractivity contribution in [1.29, 1.82) is 5.26 Å². The van der Waals surface area contributed by atoms with E-state index in [4.69, 9.17) is 14.7 Å². The highest BCUT2D eigenvalue weighted by atomic mass is 16.5. The first kappa shape index (κ1) is 15.0. The highest BCUT2D eigenvalue weighted by Gasteiger charge is 2.11. The number of nitrogens with zero attached hydrogens (tertiary/aromatic N) is 1. The van der Waals surface area contributed by atoms with Crippen LogP contribution in [-0.2, 0) is 11.3 Å². The van der Waals surface area contributed by atoms with Gasteiger partial charge in [-0.3, -0.25) is 0 Å². The number of hydrogen-bond donors (Lipinski definition) is 1. The predicted molar refractivity (Wildman–Crippen MR) is 79.0 cm³/mol. The van der Waals surface area contributed by atoms with E-state index in [1.165, 1.54) is 0 Å². The molecule has 0 unspecified atom stereocenters. The third-order valence-electron chi connectivity index (χ3n) is 3.03. The summed E-state index contributed by atoms with van der Waals surface area (Å²) in [7, 11) is 1.63. The fourth-order valence-electron chi connectivity index (χ4n) is 2.03. The number of aliphatic hydroxyl groups excluding tert-OH is 1. The second-order valence-corrected chi connectivity index (χ2v) is 4.72. The second-order valence-electron chi connectivity index (χ2n) is 4.72. The summed E-state index contributed by atoms with van der Waals surface area (Å²) < 4.78 is 10.9. The van der Waals surface area contributed by atoms with Crippen LogP contribution in [0.5, 0.6) is 11.5 Å². The molecule has 0 aromatic heterocycles. The molecule has 0 spiro atoms. The maximum atomic E-state index is 9.80. The van der Waals surface area contributed by atoms with Gasteiger partial charge in [0.1, 0.15) is 11.5 Å². The van der Waals surface area contributed by atoms with Gasteiger partial charge in [-0.15, -0.1) is 0 Å². The molecular formula is C17H17NO3. The van der Waals surface area contributed by atoms with Crippen LogP contribution in [0, 0.1) is 11.3 Å². The summed E-state index contributed by atoms with van der Waals surface area (Å²) in [4.78, 5) is 0. The molecule has 0 fully saturated rings. The van der Waals surface area contributed by atoms with E-state index in [1.807, 2.05) is 24.3 Å². The van der Waals surface area contributed by atoms with Gasteiger partial charge in [0, 0.05) is 12.7 Å². The summed E-state index contributed by atoms with van der Waals surface area (Å²) in [5.74, 6) is 1.13. The largest absolute Gasteiger partial charge is 0.457 e. The Hall–Kier alpha value is -2.35. The number of aliphatic hydroxyl groups is 1. The van der Waals surface area contributed by atoms with Crippen molar-refractivity contribution in [2.24, 2.45) is 0 Å². The van der Waals surface area contributed by atoms with Gasteiger partial charge in [0.2, 0.25) is 0 Å². The Kier molecular flexibility index (Phi) is 4.94. The van der Waals surface area contributed by atoms with Gasteiger partial charge in [-0.1, -0.05) is 18.2 Å². The molecule has 4 nitrogen and oxygen atoms in total. The third-order valence-corrected chi connectivity index (χ3v) is 3.03. The van der Waals surface area contributed by atoms with Gasteiger partial charge in [-0.05, 0) is 36.8 Å². The van der Waals surface area contributed by atoms with E-state index in [9.17, 15) is 5.11 Å². The van der Waals surface area contributed by atoms with E-state index >= 15 is 0 Å². The molecular weight excluding hydrogens is 266 g/mol. The summed E-state index contributed by atoms with van der Waals surface area (Å²) in [6.45, 7) is 2.16. The Labute approximate surface area is 124 Å². The van der Waals surface area contributed by atoms with Crippen LogP contribution in [0.2, 0.25) is 0 Å². The summed E-state index contributed by atoms with van der Waals surface area (Å²) in [6.07, 6.45) is -0.671. The smallest absolute Gasteiger partial charge is 0.134 e. The minimum absolute atomic E-state index is 0.485. The molecule has 0 heterocycles. The molecule has 2 aromatic rings. The van der Waals surface area contributed by atoms with E-state index in [0.717, 1.165) is 5.56 Å². The Balaban J connectivity index is 2.33. The fraction of sp³-hybridized carbons (Fsp3) is 0.235. The van der Waals surface area contributed by atoms with E-state index in [1.54, 1.807) is 32.2 Å². The SMILES string of the molecule is COCc1cccc(Oc2cc(C#N)ccc2[C@H](C)O)c1. The highest BCUT2D eigenvalue weighted by molar-refractivity contribution is 5.45. The summed E-state index contributed by atoms with van der Waals surface area (Å²) in [5, 5.41) is 18.8. The second kappa shape index (κ2) is 6.89. The molecule has 0 aliphatic heterocycles. The number of rotatable bonds is 5. The first-order valence-electron chi connectivity index (χ1n) is 6.62. The lowest BCUT2D eigenvalue weighted by molar-refractivity contribution is 0.184. The van der Waals surface area contributed by atoms with Gasteiger partial charge >= 0.3 is 0 Å². The van der Waals surface area contributed by atoms with E-state index in [2.05, 4.69) is 6.07 Å². The lowest BCUT2D eigenvalue weighted by Gasteiger charge is -2.14. The van der Waals surface area contributed by atoms with Crippen LogP contribution < -0.4 is 4.74 Å². The molecule has 108 valence electrons. The van der Waals surface area contributed by atoms with Crippen LogP contribution in [0.25, 0.3) is 0 Å². The van der Waals surface area contributed by atoms with Crippen LogP contribution in [0.1, 0.15) is 29.7 Å². The van der Waals surface area contributed by atoms with Crippen molar-refractivity contribution in [3.05, 3.63) is 59.2 Å². The molecule has 2 aromatic carbocycles. The van der Waals surface area contributed by atoms with Gasteiger partial charge in [-0.25, -0.2) is 0 Å². The van der Waals surface area contributed by atoms with E-state index in [-0.39, 0.29) is 0 Å². The zero-order chi connectivity index (χ0) is 15.2. The molecule has 2 rings (SSSR count). The average Bonchev–Trinajstić information content (AvgIpc) is 2.47. The molecule has 0 aliphatic carbocycles. The summed E-state index contributed by atoms with van der Waals surface area (Å²) >= 11 is 0. The van der Waals surface area contributed by atoms with Crippen LogP contribution in [0.15, 0.2) is 42.5 Å². The third kappa shape index (κ3) is 3.82. The minimum Gasteiger partial charge on any atom is -0.457 e. The van der Waals surface area contributed by atoms with Crippen LogP contribution in [-0.4, -0.2) is 12.2 Å². The lowest BCUT2D eigenvalue weighted by atomic mass is 10.1. The normalized spacial score (nSPS) is 11.7. The zero-order valence-corrected chi connectivity index (χ0v) is 12.0. The van der Waals surface area contributed by atoms with E-state index < -0.39 is 6.10 Å². The minimum atomic E-state index is -0.671. The van der Waals surface area contributed by atoms with Gasteiger partial charge in [-0.2, -0.15) is 5.26 Å². The number of benzene rings is 2. The number of methoxy groups -OCH3 is 1.